The van der Waals surface area contributed by atoms with Crippen molar-refractivity contribution in [3.8, 4) is 0 Å². The summed E-state index contributed by atoms with van der Waals surface area (Å²) in [5.41, 5.74) is -4.07. The van der Waals surface area contributed by atoms with Gasteiger partial charge in [0.2, 0.25) is 0 Å². The number of esters is 14. The molecule has 784 valence electrons. The molecule has 0 heterocycles. The molecule has 43 heteroatoms. The number of hydrogen-bond acceptors (Lipinski definition) is 43. The van der Waals surface area contributed by atoms with Gasteiger partial charge in [-0.1, -0.05) is 92.1 Å². The molecule has 0 saturated carbocycles. The molecule has 0 aromatic carbocycles. The molecular weight excluding hydrogens is 1840 g/mol. The van der Waals surface area contributed by atoms with E-state index in [4.69, 9.17) is 137 Å². The minimum atomic E-state index is -1.16. The molecular formula is C96H142O43. The standard InChI is InChI=1S/C46H70O19.2C25H36O12/c1-13-39(47)60-33(7)19-53-25-45(26-54-20-34(8)61-40(48)14-2,27-55-21-35(9)62-41(49)15-3)31-59-32-46(28-56-22-36(10)63-42(50)16-4,29-57-23-37(11)64-43(51)17-5)30-58-24-38(12)65-44(52)18-6;2*1-5-21(26)34-13-9-30-17-25(18-31-10-14-35-22(27)6-2,19-32-11-15-36-23(28)7-3)20-33-12-16-37-24(29)8-4/h13-18,33-38H,1-6,19-32H2,7-12H3;2*5-8H,1-4,9-20H2. The predicted octanol–water partition coefficient (Wildman–Crippen LogP) is 5.69. The van der Waals surface area contributed by atoms with Gasteiger partial charge in [-0.2, -0.15) is 0 Å². The predicted molar refractivity (Wildman–Crippen MR) is 496 cm³/mol. The van der Waals surface area contributed by atoms with Crippen molar-refractivity contribution in [1.82, 2.24) is 0 Å². The van der Waals surface area contributed by atoms with Crippen LogP contribution in [0.5, 0.6) is 0 Å². The fourth-order valence-corrected chi connectivity index (χ4v) is 10.2. The summed E-state index contributed by atoms with van der Waals surface area (Å²) in [6, 6.07) is 0. The Hall–Kier alpha value is -11.7. The van der Waals surface area contributed by atoms with Gasteiger partial charge in [-0.3, -0.25) is 0 Å². The van der Waals surface area contributed by atoms with E-state index >= 15 is 0 Å². The van der Waals surface area contributed by atoms with Gasteiger partial charge in [0.1, 0.15) is 89.5 Å². The van der Waals surface area contributed by atoms with Crippen molar-refractivity contribution >= 4 is 83.6 Å². The van der Waals surface area contributed by atoms with Crippen LogP contribution in [0.25, 0.3) is 0 Å². The van der Waals surface area contributed by atoms with Gasteiger partial charge in [-0.15, -0.1) is 0 Å². The van der Waals surface area contributed by atoms with Crippen LogP contribution >= 0.6 is 0 Å². The van der Waals surface area contributed by atoms with Crippen LogP contribution in [0.15, 0.2) is 177 Å². The zero-order valence-electron chi connectivity index (χ0n) is 80.9. The number of carbonyl (C=O) groups excluding carboxylic acids is 14. The van der Waals surface area contributed by atoms with Crippen molar-refractivity contribution in [3.63, 3.8) is 0 Å². The second-order valence-electron chi connectivity index (χ2n) is 29.7. The normalized spacial score (nSPS) is 12.9. The van der Waals surface area contributed by atoms with Crippen LogP contribution in [0.3, 0.4) is 0 Å². The van der Waals surface area contributed by atoms with Crippen LogP contribution in [0.1, 0.15) is 41.5 Å². The molecule has 0 N–H and O–H groups in total. The smallest absolute Gasteiger partial charge is 0.330 e. The lowest BCUT2D eigenvalue weighted by Gasteiger charge is -2.37. The summed E-state index contributed by atoms with van der Waals surface area (Å²) in [5.74, 6) is -8.53. The van der Waals surface area contributed by atoms with E-state index in [0.717, 1.165) is 85.1 Å². The first-order valence-electron chi connectivity index (χ1n) is 43.4. The Kier molecular flexibility index (Phi) is 79.8. The molecule has 0 radical (unpaired) electrons. The van der Waals surface area contributed by atoms with Crippen LogP contribution in [0.2, 0.25) is 0 Å². The highest BCUT2D eigenvalue weighted by Crippen LogP contribution is 2.28. The Balaban J connectivity index is -0.00000214. The van der Waals surface area contributed by atoms with E-state index in [0.29, 0.717) is 0 Å². The first kappa shape index (κ1) is 131. The summed E-state index contributed by atoms with van der Waals surface area (Å²) in [6.45, 7) is 56.6. The number of carbonyl (C=O) groups is 14. The van der Waals surface area contributed by atoms with E-state index in [-0.39, 0.29) is 251 Å². The molecule has 0 bridgehead atoms. The quantitative estimate of drug-likeness (QED) is 0.0305. The van der Waals surface area contributed by atoms with E-state index < -0.39 is 142 Å². The molecule has 0 rings (SSSR count). The fraction of sp³-hybridized carbons (Fsp3) is 0.562. The third kappa shape index (κ3) is 74.1. The van der Waals surface area contributed by atoms with Crippen LogP contribution in [-0.2, 0) is 204 Å². The molecule has 0 aliphatic rings. The van der Waals surface area contributed by atoms with Gasteiger partial charge < -0.3 is 137 Å². The van der Waals surface area contributed by atoms with Crippen LogP contribution in [0, 0.1) is 21.7 Å². The van der Waals surface area contributed by atoms with Gasteiger partial charge >= 0.3 is 83.6 Å². The minimum Gasteiger partial charge on any atom is -0.460 e. The lowest BCUT2D eigenvalue weighted by atomic mass is 9.90. The average Bonchev–Trinajstić information content (AvgIpc) is 0.742. The van der Waals surface area contributed by atoms with Gasteiger partial charge in [-0.25, -0.2) is 67.1 Å². The summed E-state index contributed by atoms with van der Waals surface area (Å²) in [5, 5.41) is 0. The molecule has 43 nitrogen and oxygen atoms in total. The maximum Gasteiger partial charge on any atom is 0.330 e. The monoisotopic (exact) mass is 1980 g/mol. The van der Waals surface area contributed by atoms with E-state index in [1.165, 1.54) is 0 Å². The lowest BCUT2D eigenvalue weighted by Crippen LogP contribution is -2.47. The minimum absolute atomic E-state index is 0.00395. The Labute approximate surface area is 812 Å². The summed E-state index contributed by atoms with van der Waals surface area (Å²) >= 11 is 0. The highest BCUT2D eigenvalue weighted by molar-refractivity contribution is 5.85. The third-order valence-electron chi connectivity index (χ3n) is 16.7. The number of rotatable bonds is 88. The first-order valence-corrected chi connectivity index (χ1v) is 43.4. The first-order chi connectivity index (χ1) is 66.4. The van der Waals surface area contributed by atoms with E-state index in [9.17, 15) is 67.1 Å². The van der Waals surface area contributed by atoms with Crippen molar-refractivity contribution in [2.45, 2.75) is 78.2 Å². The summed E-state index contributed by atoms with van der Waals surface area (Å²) in [7, 11) is 0. The number of hydrogen-bond donors (Lipinski definition) is 0. The zero-order chi connectivity index (χ0) is 105. The Morgan fingerprint density at radius 1 is 0.158 bits per heavy atom. The van der Waals surface area contributed by atoms with Gasteiger partial charge in [-0.05, 0) is 41.5 Å². The van der Waals surface area contributed by atoms with Crippen molar-refractivity contribution in [3.05, 3.63) is 177 Å². The molecule has 0 aromatic rings. The number of ether oxygens (including phenoxy) is 29. The van der Waals surface area contributed by atoms with Gasteiger partial charge in [0.05, 0.1) is 220 Å². The van der Waals surface area contributed by atoms with Crippen molar-refractivity contribution in [2.75, 3.05) is 251 Å². The molecule has 0 amide bonds. The molecule has 0 aliphatic heterocycles. The molecule has 0 spiro atoms. The maximum atomic E-state index is 11.9. The Morgan fingerprint density at radius 2 is 0.259 bits per heavy atom. The molecule has 0 fully saturated rings. The maximum absolute atomic E-state index is 11.9. The highest BCUT2D eigenvalue weighted by Gasteiger charge is 2.40. The average molecular weight is 1980 g/mol. The summed E-state index contributed by atoms with van der Waals surface area (Å²) in [6.07, 6.45) is 10.3. The molecule has 6 atom stereocenters. The topological polar surface area (TPSA) is 507 Å². The molecule has 0 aliphatic carbocycles. The van der Waals surface area contributed by atoms with E-state index in [2.05, 4.69) is 92.1 Å². The van der Waals surface area contributed by atoms with E-state index in [1.807, 2.05) is 0 Å². The molecule has 6 unspecified atom stereocenters. The highest BCUT2D eigenvalue weighted by atomic mass is 16.6. The van der Waals surface area contributed by atoms with Gasteiger partial charge in [0.25, 0.3) is 0 Å². The summed E-state index contributed by atoms with van der Waals surface area (Å²) < 4.78 is 159. The largest absolute Gasteiger partial charge is 0.460 e. The van der Waals surface area contributed by atoms with Gasteiger partial charge in [0.15, 0.2) is 0 Å². The fourth-order valence-electron chi connectivity index (χ4n) is 10.2. The second-order valence-corrected chi connectivity index (χ2v) is 29.7. The molecule has 139 heavy (non-hydrogen) atoms. The zero-order valence-corrected chi connectivity index (χ0v) is 80.9. The summed E-state index contributed by atoms with van der Waals surface area (Å²) in [4.78, 5) is 161. The third-order valence-corrected chi connectivity index (χ3v) is 16.7. The molecule has 0 aromatic heterocycles. The second kappa shape index (κ2) is 84.4. The SMILES string of the molecule is C=CC(=O)OC(C)COCC(COCC(C)OC(=O)C=C)(COCC(C)OC(=O)C=C)COCC(COCC(C)OC(=O)C=C)(COCC(C)OC(=O)C=C)COCC(C)OC(=O)C=C.C=CC(=O)OCCOCC(COCCOC(=O)C=C)(COCCOC(=O)C=C)COCCOC(=O)C=C.C=CC(=O)OCCOCC(COCCOC(=O)C=C)(COCCOC(=O)C=C)COCCOC(=O)C=C. The van der Waals surface area contributed by atoms with Crippen molar-refractivity contribution in [1.29, 1.82) is 0 Å². The van der Waals surface area contributed by atoms with Crippen molar-refractivity contribution < 1.29 is 204 Å². The lowest BCUT2D eigenvalue weighted by molar-refractivity contribution is -0.167. The van der Waals surface area contributed by atoms with E-state index in [1.54, 1.807) is 41.5 Å². The Morgan fingerprint density at radius 3 is 0.367 bits per heavy atom. The Bertz CT molecular complexity index is 3080. The van der Waals surface area contributed by atoms with Gasteiger partial charge in [0, 0.05) is 85.1 Å². The van der Waals surface area contributed by atoms with Crippen LogP contribution in [0.4, 0.5) is 0 Å². The van der Waals surface area contributed by atoms with Crippen molar-refractivity contribution in [2.24, 2.45) is 21.7 Å². The molecule has 0 saturated heterocycles. The van der Waals surface area contributed by atoms with Crippen LogP contribution < -0.4 is 0 Å². The van der Waals surface area contributed by atoms with Crippen LogP contribution in [-0.4, -0.2) is 371 Å².